The summed E-state index contributed by atoms with van der Waals surface area (Å²) in [7, 11) is 6.33. The number of carbonyl (C=O) groups is 2. The van der Waals surface area contributed by atoms with Crippen LogP contribution in [0.1, 0.15) is 44.4 Å². The quantitative estimate of drug-likeness (QED) is 0.505. The van der Waals surface area contributed by atoms with Gasteiger partial charge < -0.3 is 29.2 Å². The van der Waals surface area contributed by atoms with E-state index < -0.39 is 5.54 Å². The Kier molecular flexibility index (Phi) is 9.57. The lowest BCUT2D eigenvalue weighted by Crippen LogP contribution is -2.52. The van der Waals surface area contributed by atoms with E-state index in [-0.39, 0.29) is 31.1 Å². The van der Waals surface area contributed by atoms with Gasteiger partial charge in [0.15, 0.2) is 0 Å². The minimum Gasteiger partial charge on any atom is -0.497 e. The fraction of sp³-hybridized carbons (Fsp3) is 0.464. The number of rotatable bonds is 10. The van der Waals surface area contributed by atoms with Gasteiger partial charge in [0.25, 0.3) is 5.91 Å². The summed E-state index contributed by atoms with van der Waals surface area (Å²) in [5.41, 5.74) is 1.90. The van der Waals surface area contributed by atoms with Crippen molar-refractivity contribution in [2.45, 2.75) is 38.8 Å². The molecule has 1 N–H and O–H groups in total. The Morgan fingerprint density at radius 2 is 1.66 bits per heavy atom. The first-order valence-corrected chi connectivity index (χ1v) is 12.4. The number of amides is 3. The zero-order valence-corrected chi connectivity index (χ0v) is 23.2. The van der Waals surface area contributed by atoms with Gasteiger partial charge in [-0.2, -0.15) is 5.10 Å². The van der Waals surface area contributed by atoms with Crippen LogP contribution in [0.4, 0.5) is 4.79 Å². The summed E-state index contributed by atoms with van der Waals surface area (Å²) in [6, 6.07) is 12.3. The third kappa shape index (κ3) is 7.16. The first-order chi connectivity index (χ1) is 18.1. The van der Waals surface area contributed by atoms with Crippen LogP contribution in [0.2, 0.25) is 0 Å². The van der Waals surface area contributed by atoms with Crippen LogP contribution < -0.4 is 19.5 Å². The van der Waals surface area contributed by atoms with Crippen molar-refractivity contribution in [2.75, 3.05) is 48.1 Å². The van der Waals surface area contributed by atoms with Crippen molar-refractivity contribution in [3.05, 3.63) is 53.6 Å². The number of hydrogen-bond acceptors (Lipinski definition) is 7. The van der Waals surface area contributed by atoms with Crippen LogP contribution >= 0.6 is 0 Å². The van der Waals surface area contributed by atoms with E-state index >= 15 is 0 Å². The maximum absolute atomic E-state index is 13.7. The predicted molar refractivity (Wildman–Crippen MR) is 145 cm³/mol. The molecule has 0 saturated carbocycles. The van der Waals surface area contributed by atoms with Crippen LogP contribution in [0.5, 0.6) is 17.2 Å². The molecule has 206 valence electrons. The van der Waals surface area contributed by atoms with Crippen molar-refractivity contribution in [3.8, 4) is 17.2 Å². The fourth-order valence-electron chi connectivity index (χ4n) is 4.12. The van der Waals surface area contributed by atoms with Gasteiger partial charge in [0, 0.05) is 37.2 Å². The SMILES string of the molecule is COCCN(CC(=O)N1N=C(c2ccc(OC)cc2OC)CC1c1ccc(OC)cc1)C(=O)NC(C)(C)C. The van der Waals surface area contributed by atoms with Crippen molar-refractivity contribution in [2.24, 2.45) is 5.10 Å². The molecule has 0 radical (unpaired) electrons. The minimum absolute atomic E-state index is 0.158. The topological polar surface area (TPSA) is 102 Å². The summed E-state index contributed by atoms with van der Waals surface area (Å²) < 4.78 is 21.4. The summed E-state index contributed by atoms with van der Waals surface area (Å²) in [4.78, 5) is 28.1. The van der Waals surface area contributed by atoms with Gasteiger partial charge in [0.1, 0.15) is 23.8 Å². The Balaban J connectivity index is 1.96. The highest BCUT2D eigenvalue weighted by Gasteiger charge is 2.35. The molecule has 1 heterocycles. The highest BCUT2D eigenvalue weighted by molar-refractivity contribution is 6.05. The number of nitrogens with zero attached hydrogens (tertiary/aromatic N) is 3. The average Bonchev–Trinajstić information content (AvgIpc) is 3.35. The van der Waals surface area contributed by atoms with E-state index in [1.807, 2.05) is 57.2 Å². The number of nitrogens with one attached hydrogen (secondary N) is 1. The second-order valence-corrected chi connectivity index (χ2v) is 9.94. The molecule has 1 atom stereocenters. The van der Waals surface area contributed by atoms with E-state index in [0.29, 0.717) is 36.0 Å². The second kappa shape index (κ2) is 12.6. The molecule has 2 aromatic carbocycles. The molecule has 10 heteroatoms. The van der Waals surface area contributed by atoms with Crippen molar-refractivity contribution < 1.29 is 28.5 Å². The number of ether oxygens (including phenoxy) is 4. The normalized spacial score (nSPS) is 15.1. The smallest absolute Gasteiger partial charge is 0.318 e. The maximum Gasteiger partial charge on any atom is 0.318 e. The molecule has 0 aliphatic carbocycles. The molecule has 0 saturated heterocycles. The first-order valence-electron chi connectivity index (χ1n) is 12.4. The highest BCUT2D eigenvalue weighted by atomic mass is 16.5. The molecule has 0 fully saturated rings. The van der Waals surface area contributed by atoms with Gasteiger partial charge in [-0.25, -0.2) is 9.80 Å². The third-order valence-corrected chi connectivity index (χ3v) is 6.05. The van der Waals surface area contributed by atoms with E-state index in [4.69, 9.17) is 24.0 Å². The monoisotopic (exact) mass is 526 g/mol. The molecular weight excluding hydrogens is 488 g/mol. The van der Waals surface area contributed by atoms with Crippen LogP contribution in [0, 0.1) is 0 Å². The number of methoxy groups -OCH3 is 4. The fourth-order valence-corrected chi connectivity index (χ4v) is 4.12. The van der Waals surface area contributed by atoms with Gasteiger partial charge in [-0.15, -0.1) is 0 Å². The summed E-state index contributed by atoms with van der Waals surface area (Å²) >= 11 is 0. The Bertz CT molecular complexity index is 1140. The molecule has 2 aromatic rings. The second-order valence-electron chi connectivity index (χ2n) is 9.94. The van der Waals surface area contributed by atoms with Gasteiger partial charge in [-0.3, -0.25) is 4.79 Å². The summed E-state index contributed by atoms with van der Waals surface area (Å²) in [5, 5.41) is 9.13. The lowest BCUT2D eigenvalue weighted by Gasteiger charge is -2.30. The van der Waals surface area contributed by atoms with Crippen molar-refractivity contribution in [1.29, 1.82) is 0 Å². The lowest BCUT2D eigenvalue weighted by atomic mass is 9.97. The number of urea groups is 1. The molecule has 1 unspecified atom stereocenters. The van der Waals surface area contributed by atoms with Crippen molar-refractivity contribution >= 4 is 17.6 Å². The lowest BCUT2D eigenvalue weighted by molar-refractivity contribution is -0.133. The molecule has 0 aromatic heterocycles. The molecule has 0 spiro atoms. The average molecular weight is 527 g/mol. The predicted octanol–water partition coefficient (Wildman–Crippen LogP) is 3.85. The summed E-state index contributed by atoms with van der Waals surface area (Å²) in [6.07, 6.45) is 0.465. The van der Waals surface area contributed by atoms with E-state index in [2.05, 4.69) is 5.32 Å². The molecule has 1 aliphatic heterocycles. The first kappa shape index (κ1) is 28.8. The van der Waals surface area contributed by atoms with Gasteiger partial charge in [-0.05, 0) is 50.6 Å². The van der Waals surface area contributed by atoms with E-state index in [0.717, 1.165) is 11.1 Å². The Morgan fingerprint density at radius 1 is 1.00 bits per heavy atom. The number of hydrazone groups is 1. The van der Waals surface area contributed by atoms with Gasteiger partial charge in [0.05, 0.1) is 39.7 Å². The number of benzene rings is 2. The zero-order valence-electron chi connectivity index (χ0n) is 23.2. The zero-order chi connectivity index (χ0) is 27.9. The van der Waals surface area contributed by atoms with E-state index in [1.54, 1.807) is 34.5 Å². The molecule has 3 rings (SSSR count). The maximum atomic E-state index is 13.7. The number of carbonyl (C=O) groups excluding carboxylic acids is 2. The molecule has 0 bridgehead atoms. The summed E-state index contributed by atoms with van der Waals surface area (Å²) in [5.74, 6) is 1.65. The van der Waals surface area contributed by atoms with Crippen LogP contribution in [-0.2, 0) is 9.53 Å². The van der Waals surface area contributed by atoms with Crippen molar-refractivity contribution in [3.63, 3.8) is 0 Å². The highest BCUT2D eigenvalue weighted by Crippen LogP contribution is 2.36. The molecule has 1 aliphatic rings. The molecular formula is C28H38N4O6. The minimum atomic E-state index is -0.457. The van der Waals surface area contributed by atoms with Crippen LogP contribution in [0.25, 0.3) is 0 Å². The largest absolute Gasteiger partial charge is 0.497 e. The van der Waals surface area contributed by atoms with E-state index in [9.17, 15) is 9.59 Å². The molecule has 10 nitrogen and oxygen atoms in total. The standard InChI is InChI=1S/C28H38N4O6/c1-28(2,3)29-27(34)31(14-15-35-4)18-26(33)32-24(19-8-10-20(36-5)11-9-19)17-23(30-32)22-13-12-21(37-6)16-25(22)38-7/h8-13,16,24H,14-15,17-18H2,1-7H3,(H,29,34). The van der Waals surface area contributed by atoms with Crippen molar-refractivity contribution in [1.82, 2.24) is 15.2 Å². The Morgan fingerprint density at radius 3 is 2.24 bits per heavy atom. The Labute approximate surface area is 224 Å². The van der Waals surface area contributed by atoms with Crippen LogP contribution in [0.3, 0.4) is 0 Å². The van der Waals surface area contributed by atoms with Crippen LogP contribution in [0.15, 0.2) is 47.6 Å². The molecule has 3 amide bonds. The van der Waals surface area contributed by atoms with E-state index in [1.165, 1.54) is 9.91 Å². The van der Waals surface area contributed by atoms with Gasteiger partial charge in [-0.1, -0.05) is 12.1 Å². The van der Waals surface area contributed by atoms with Gasteiger partial charge in [0.2, 0.25) is 0 Å². The van der Waals surface area contributed by atoms with Gasteiger partial charge >= 0.3 is 6.03 Å². The molecule has 38 heavy (non-hydrogen) atoms. The number of hydrogen-bond donors (Lipinski definition) is 1. The summed E-state index contributed by atoms with van der Waals surface area (Å²) in [6.45, 7) is 6.06. The Hall–Kier alpha value is -3.79. The van der Waals surface area contributed by atoms with Crippen LogP contribution in [-0.4, -0.2) is 81.2 Å². The third-order valence-electron chi connectivity index (χ3n) is 6.05.